The molecule has 0 saturated heterocycles. The molecule has 0 radical (unpaired) electrons. The van der Waals surface area contributed by atoms with Gasteiger partial charge in [0, 0.05) is 36.5 Å². The minimum Gasteiger partial charge on any atom is -0.367 e. The molecule has 2 N–H and O–H groups in total. The SMILES string of the molecule is Cc1cc(C)n(-c2ccc(NCCNC(=O)c3ccc([N+](=O)[O-])cc3)nn2)n1. The van der Waals surface area contributed by atoms with E-state index in [1.807, 2.05) is 26.0 Å². The van der Waals surface area contributed by atoms with Crippen molar-refractivity contribution < 1.29 is 9.72 Å². The van der Waals surface area contributed by atoms with E-state index >= 15 is 0 Å². The molecule has 2 aromatic heterocycles. The number of nitro benzene ring substituents is 1. The third-order valence-corrected chi connectivity index (χ3v) is 3.93. The van der Waals surface area contributed by atoms with E-state index in [-0.39, 0.29) is 11.6 Å². The van der Waals surface area contributed by atoms with Gasteiger partial charge in [0.15, 0.2) is 5.82 Å². The van der Waals surface area contributed by atoms with Crippen LogP contribution in [0.2, 0.25) is 0 Å². The second kappa shape index (κ2) is 8.25. The van der Waals surface area contributed by atoms with Crippen LogP contribution in [0.3, 0.4) is 0 Å². The second-order valence-corrected chi connectivity index (χ2v) is 6.10. The molecule has 10 heteroatoms. The molecule has 3 rings (SSSR count). The number of nitrogens with one attached hydrogen (secondary N) is 2. The highest BCUT2D eigenvalue weighted by atomic mass is 16.6. The van der Waals surface area contributed by atoms with E-state index in [4.69, 9.17) is 0 Å². The molecule has 0 atom stereocenters. The van der Waals surface area contributed by atoms with E-state index in [0.717, 1.165) is 11.4 Å². The van der Waals surface area contributed by atoms with Gasteiger partial charge in [-0.1, -0.05) is 0 Å². The zero-order valence-electron chi connectivity index (χ0n) is 15.4. The molecule has 10 nitrogen and oxygen atoms in total. The van der Waals surface area contributed by atoms with Crippen LogP contribution in [0.15, 0.2) is 42.5 Å². The molecule has 0 aliphatic rings. The predicted molar refractivity (Wildman–Crippen MR) is 103 cm³/mol. The first-order valence-corrected chi connectivity index (χ1v) is 8.58. The number of aryl methyl sites for hydroxylation is 2. The lowest BCUT2D eigenvalue weighted by molar-refractivity contribution is -0.384. The summed E-state index contributed by atoms with van der Waals surface area (Å²) in [5.41, 5.74) is 2.19. The molecule has 0 fully saturated rings. The van der Waals surface area contributed by atoms with E-state index in [9.17, 15) is 14.9 Å². The molecule has 0 aliphatic carbocycles. The van der Waals surface area contributed by atoms with E-state index in [0.29, 0.717) is 30.3 Å². The molecule has 0 spiro atoms. The number of aromatic nitrogens is 4. The molecular weight excluding hydrogens is 362 g/mol. The van der Waals surface area contributed by atoms with Gasteiger partial charge in [-0.3, -0.25) is 14.9 Å². The number of carbonyl (C=O) groups is 1. The van der Waals surface area contributed by atoms with Crippen LogP contribution in [0, 0.1) is 24.0 Å². The second-order valence-electron chi connectivity index (χ2n) is 6.10. The highest BCUT2D eigenvalue weighted by Gasteiger charge is 2.09. The molecule has 144 valence electrons. The Morgan fingerprint density at radius 1 is 1.11 bits per heavy atom. The van der Waals surface area contributed by atoms with Gasteiger partial charge in [0.2, 0.25) is 0 Å². The van der Waals surface area contributed by atoms with Gasteiger partial charge in [-0.05, 0) is 44.2 Å². The maximum atomic E-state index is 12.0. The molecule has 3 aromatic rings. The first-order chi connectivity index (χ1) is 13.4. The van der Waals surface area contributed by atoms with Crippen molar-refractivity contribution in [2.75, 3.05) is 18.4 Å². The number of benzene rings is 1. The lowest BCUT2D eigenvalue weighted by atomic mass is 10.2. The fourth-order valence-electron chi connectivity index (χ4n) is 2.60. The van der Waals surface area contributed by atoms with Crippen molar-refractivity contribution >= 4 is 17.4 Å². The van der Waals surface area contributed by atoms with E-state index in [1.165, 1.54) is 24.3 Å². The Kier molecular flexibility index (Phi) is 5.58. The van der Waals surface area contributed by atoms with Crippen molar-refractivity contribution in [2.24, 2.45) is 0 Å². The van der Waals surface area contributed by atoms with Crippen LogP contribution in [0.25, 0.3) is 5.82 Å². The number of nitro groups is 1. The molecule has 0 saturated carbocycles. The standard InChI is InChI=1S/C18H19N7O3/c1-12-11-13(2)24(23-12)17-8-7-16(21-22-17)19-9-10-20-18(26)14-3-5-15(6-4-14)25(27)28/h3-8,11H,9-10H2,1-2H3,(H,19,21)(H,20,26). The summed E-state index contributed by atoms with van der Waals surface area (Å²) in [6.07, 6.45) is 0. The average molecular weight is 381 g/mol. The average Bonchev–Trinajstić information content (AvgIpc) is 3.03. The fraction of sp³-hybridized carbons (Fsp3) is 0.222. The Morgan fingerprint density at radius 2 is 1.86 bits per heavy atom. The summed E-state index contributed by atoms with van der Waals surface area (Å²) in [6, 6.07) is 11.0. The third kappa shape index (κ3) is 4.47. The van der Waals surface area contributed by atoms with Gasteiger partial charge in [0.05, 0.1) is 10.6 Å². The summed E-state index contributed by atoms with van der Waals surface area (Å²) in [5, 5.41) is 29.0. The minimum atomic E-state index is -0.507. The molecule has 1 amide bonds. The van der Waals surface area contributed by atoms with Gasteiger partial charge in [-0.15, -0.1) is 10.2 Å². The topological polar surface area (TPSA) is 128 Å². The number of hydrogen-bond acceptors (Lipinski definition) is 7. The number of non-ortho nitro benzene ring substituents is 1. The van der Waals surface area contributed by atoms with Crippen molar-refractivity contribution in [3.63, 3.8) is 0 Å². The fourth-order valence-corrected chi connectivity index (χ4v) is 2.60. The van der Waals surface area contributed by atoms with Gasteiger partial charge in [-0.25, -0.2) is 4.68 Å². The van der Waals surface area contributed by atoms with Crippen LogP contribution in [0.4, 0.5) is 11.5 Å². The maximum absolute atomic E-state index is 12.0. The minimum absolute atomic E-state index is 0.0549. The number of anilines is 1. The summed E-state index contributed by atoms with van der Waals surface area (Å²) in [6.45, 7) is 4.67. The summed E-state index contributed by atoms with van der Waals surface area (Å²) in [5.74, 6) is 0.903. The molecular formula is C18H19N7O3. The van der Waals surface area contributed by atoms with Crippen molar-refractivity contribution in [2.45, 2.75) is 13.8 Å². The first kappa shape index (κ1) is 19.0. The van der Waals surface area contributed by atoms with Crippen LogP contribution in [0.1, 0.15) is 21.7 Å². The Morgan fingerprint density at radius 3 is 2.43 bits per heavy atom. The molecule has 0 unspecified atom stereocenters. The lowest BCUT2D eigenvalue weighted by Crippen LogP contribution is -2.28. The number of carbonyl (C=O) groups excluding carboxylic acids is 1. The Labute approximate surface area is 160 Å². The number of nitrogens with zero attached hydrogens (tertiary/aromatic N) is 5. The van der Waals surface area contributed by atoms with Gasteiger partial charge >= 0.3 is 0 Å². The van der Waals surface area contributed by atoms with Gasteiger partial charge < -0.3 is 10.6 Å². The summed E-state index contributed by atoms with van der Waals surface area (Å²) >= 11 is 0. The highest BCUT2D eigenvalue weighted by Crippen LogP contribution is 2.12. The normalized spacial score (nSPS) is 10.5. The Hall–Kier alpha value is -3.82. The van der Waals surface area contributed by atoms with Crippen LogP contribution in [-0.2, 0) is 0 Å². The first-order valence-electron chi connectivity index (χ1n) is 8.58. The zero-order valence-corrected chi connectivity index (χ0v) is 15.4. The molecule has 0 aliphatic heterocycles. The third-order valence-electron chi connectivity index (χ3n) is 3.93. The maximum Gasteiger partial charge on any atom is 0.269 e. The van der Waals surface area contributed by atoms with Gasteiger partial charge in [0.1, 0.15) is 5.82 Å². The van der Waals surface area contributed by atoms with Crippen LogP contribution >= 0.6 is 0 Å². The van der Waals surface area contributed by atoms with Gasteiger partial charge in [0.25, 0.3) is 11.6 Å². The molecule has 28 heavy (non-hydrogen) atoms. The lowest BCUT2D eigenvalue weighted by Gasteiger charge is -2.08. The predicted octanol–water partition coefficient (Wildman–Crippen LogP) is 2.03. The molecule has 0 bridgehead atoms. The van der Waals surface area contributed by atoms with Crippen LogP contribution < -0.4 is 10.6 Å². The van der Waals surface area contributed by atoms with E-state index in [2.05, 4.69) is 25.9 Å². The van der Waals surface area contributed by atoms with Crippen LogP contribution in [0.5, 0.6) is 0 Å². The van der Waals surface area contributed by atoms with Crippen molar-refractivity contribution in [1.82, 2.24) is 25.3 Å². The van der Waals surface area contributed by atoms with Crippen molar-refractivity contribution in [3.8, 4) is 5.82 Å². The van der Waals surface area contributed by atoms with Crippen molar-refractivity contribution in [1.29, 1.82) is 0 Å². The summed E-state index contributed by atoms with van der Waals surface area (Å²) < 4.78 is 1.72. The summed E-state index contributed by atoms with van der Waals surface area (Å²) in [7, 11) is 0. The Balaban J connectivity index is 1.48. The van der Waals surface area contributed by atoms with Crippen LogP contribution in [-0.4, -0.2) is 43.9 Å². The largest absolute Gasteiger partial charge is 0.367 e. The van der Waals surface area contributed by atoms with Crippen molar-refractivity contribution in [3.05, 3.63) is 69.5 Å². The van der Waals surface area contributed by atoms with E-state index < -0.39 is 4.92 Å². The molecule has 2 heterocycles. The smallest absolute Gasteiger partial charge is 0.269 e. The monoisotopic (exact) mass is 381 g/mol. The molecule has 1 aromatic carbocycles. The highest BCUT2D eigenvalue weighted by molar-refractivity contribution is 5.94. The number of amides is 1. The Bertz CT molecular complexity index is 981. The summed E-state index contributed by atoms with van der Waals surface area (Å²) in [4.78, 5) is 22.1. The number of rotatable bonds is 7. The quantitative estimate of drug-likeness (QED) is 0.364. The van der Waals surface area contributed by atoms with E-state index in [1.54, 1.807) is 10.7 Å². The number of hydrogen-bond donors (Lipinski definition) is 2. The zero-order chi connectivity index (χ0) is 20.1. The van der Waals surface area contributed by atoms with Gasteiger partial charge in [-0.2, -0.15) is 5.10 Å².